The fourth-order valence-electron chi connectivity index (χ4n) is 3.88. The zero-order valence-electron chi connectivity index (χ0n) is 14.1. The van der Waals surface area contributed by atoms with Crippen LogP contribution in [0, 0.1) is 5.92 Å². The lowest BCUT2D eigenvalue weighted by molar-refractivity contribution is -0.127. The van der Waals surface area contributed by atoms with E-state index in [9.17, 15) is 4.79 Å². The summed E-state index contributed by atoms with van der Waals surface area (Å²) < 4.78 is 5.87. The minimum absolute atomic E-state index is 0.0439. The Bertz CT molecular complexity index is 746. The van der Waals surface area contributed by atoms with Gasteiger partial charge < -0.3 is 14.6 Å². The minimum Gasteiger partial charge on any atom is -0.423 e. The molecule has 3 heterocycles. The lowest BCUT2D eigenvalue weighted by atomic mass is 10.1. The van der Waals surface area contributed by atoms with Crippen LogP contribution in [0.1, 0.15) is 19.3 Å². The van der Waals surface area contributed by atoms with Crippen molar-refractivity contribution in [3.05, 3.63) is 24.3 Å². The summed E-state index contributed by atoms with van der Waals surface area (Å²) in [5.41, 5.74) is 1.72. The molecule has 3 fully saturated rings. The van der Waals surface area contributed by atoms with E-state index in [2.05, 4.69) is 25.4 Å². The molecule has 7 heteroatoms. The molecule has 0 spiro atoms. The van der Waals surface area contributed by atoms with E-state index >= 15 is 0 Å². The molecule has 25 heavy (non-hydrogen) atoms. The summed E-state index contributed by atoms with van der Waals surface area (Å²) in [7, 11) is 0. The first-order chi connectivity index (χ1) is 12.3. The van der Waals surface area contributed by atoms with Crippen molar-refractivity contribution in [3.63, 3.8) is 0 Å². The number of rotatable bonds is 3. The first kappa shape index (κ1) is 15.2. The van der Waals surface area contributed by atoms with Gasteiger partial charge in [0.25, 0.3) is 6.01 Å². The summed E-state index contributed by atoms with van der Waals surface area (Å²) in [6.07, 6.45) is 3.08. The molecule has 3 aliphatic rings. The van der Waals surface area contributed by atoms with Gasteiger partial charge in [-0.1, -0.05) is 12.1 Å². The van der Waals surface area contributed by atoms with Crippen LogP contribution in [0.25, 0.3) is 11.1 Å². The molecular weight excluding hydrogens is 318 g/mol. The Hall–Kier alpha value is -2.12. The van der Waals surface area contributed by atoms with Crippen molar-refractivity contribution in [2.24, 2.45) is 5.92 Å². The summed E-state index contributed by atoms with van der Waals surface area (Å²) in [5.74, 6) is 0.858. The third kappa shape index (κ3) is 2.98. The molecular formula is C18H23N5O2. The second-order valence-corrected chi connectivity index (χ2v) is 7.27. The zero-order valence-corrected chi connectivity index (χ0v) is 14.1. The van der Waals surface area contributed by atoms with E-state index in [1.165, 1.54) is 12.8 Å². The van der Waals surface area contributed by atoms with E-state index in [1.807, 2.05) is 24.3 Å². The van der Waals surface area contributed by atoms with Gasteiger partial charge in [0.1, 0.15) is 11.8 Å². The van der Waals surface area contributed by atoms with Crippen molar-refractivity contribution in [2.75, 3.05) is 31.1 Å². The van der Waals surface area contributed by atoms with E-state index in [0.29, 0.717) is 24.4 Å². The minimum atomic E-state index is -0.0439. The number of para-hydroxylation sites is 2. The van der Waals surface area contributed by atoms with Crippen molar-refractivity contribution in [2.45, 2.75) is 31.6 Å². The summed E-state index contributed by atoms with van der Waals surface area (Å²) in [6, 6.07) is 8.88. The van der Waals surface area contributed by atoms with Crippen LogP contribution < -0.4 is 15.5 Å². The molecule has 1 saturated carbocycles. The van der Waals surface area contributed by atoms with Crippen molar-refractivity contribution < 1.29 is 9.21 Å². The fraction of sp³-hybridized carbons (Fsp3) is 0.556. The standard InChI is InChI=1S/C18H23N5O2/c24-16-11-14(12-5-6-12)19-17(21-16)22-7-9-23(10-8-22)18-20-13-3-1-2-4-15(13)25-18/h1-4,12,14,17,19H,5-11H2,(H,21,24). The lowest BCUT2D eigenvalue weighted by Gasteiger charge is -2.42. The first-order valence-electron chi connectivity index (χ1n) is 9.16. The highest BCUT2D eigenvalue weighted by molar-refractivity contribution is 5.77. The third-order valence-electron chi connectivity index (χ3n) is 5.50. The van der Waals surface area contributed by atoms with Crippen LogP contribution in [0.15, 0.2) is 28.7 Å². The molecule has 7 nitrogen and oxygen atoms in total. The highest BCUT2D eigenvalue weighted by Gasteiger charge is 2.39. The lowest BCUT2D eigenvalue weighted by Crippen LogP contribution is -2.67. The van der Waals surface area contributed by atoms with E-state index in [1.54, 1.807) is 0 Å². The van der Waals surface area contributed by atoms with Gasteiger partial charge in [-0.25, -0.2) is 0 Å². The van der Waals surface area contributed by atoms with Crippen molar-refractivity contribution in [1.82, 2.24) is 20.5 Å². The zero-order chi connectivity index (χ0) is 16.8. The number of hydrogen-bond acceptors (Lipinski definition) is 6. The smallest absolute Gasteiger partial charge is 0.298 e. The molecule has 2 saturated heterocycles. The number of hydrogen-bond donors (Lipinski definition) is 2. The number of nitrogens with zero attached hydrogens (tertiary/aromatic N) is 3. The highest BCUT2D eigenvalue weighted by Crippen LogP contribution is 2.35. The number of carbonyl (C=O) groups is 1. The molecule has 2 atom stereocenters. The van der Waals surface area contributed by atoms with Gasteiger partial charge in [0.15, 0.2) is 5.58 Å². The number of fused-ring (bicyclic) bond motifs is 1. The number of benzene rings is 1. The molecule has 2 unspecified atom stereocenters. The Morgan fingerprint density at radius 3 is 2.68 bits per heavy atom. The monoisotopic (exact) mass is 341 g/mol. The Morgan fingerprint density at radius 1 is 1.12 bits per heavy atom. The maximum atomic E-state index is 12.0. The van der Waals surface area contributed by atoms with E-state index in [4.69, 9.17) is 4.42 Å². The van der Waals surface area contributed by atoms with Crippen LogP contribution in [0.4, 0.5) is 6.01 Å². The van der Waals surface area contributed by atoms with Gasteiger partial charge in [0.05, 0.1) is 0 Å². The van der Waals surface area contributed by atoms with Gasteiger partial charge in [-0.2, -0.15) is 4.98 Å². The average Bonchev–Trinajstić information content (AvgIpc) is 3.40. The second-order valence-electron chi connectivity index (χ2n) is 7.27. The Kier molecular flexibility index (Phi) is 3.64. The van der Waals surface area contributed by atoms with Crippen LogP contribution in [0.2, 0.25) is 0 Å². The quantitative estimate of drug-likeness (QED) is 0.872. The molecule has 0 radical (unpaired) electrons. The van der Waals surface area contributed by atoms with E-state index in [-0.39, 0.29) is 12.2 Å². The molecule has 1 amide bonds. The van der Waals surface area contributed by atoms with Crippen LogP contribution in [0.3, 0.4) is 0 Å². The number of piperazine rings is 1. The van der Waals surface area contributed by atoms with Crippen LogP contribution in [-0.2, 0) is 4.79 Å². The molecule has 2 aliphatic heterocycles. The van der Waals surface area contributed by atoms with Crippen LogP contribution >= 0.6 is 0 Å². The summed E-state index contributed by atoms with van der Waals surface area (Å²) in [6.45, 7) is 3.42. The van der Waals surface area contributed by atoms with Gasteiger partial charge in [-0.05, 0) is 30.9 Å². The molecule has 0 bridgehead atoms. The highest BCUT2D eigenvalue weighted by atomic mass is 16.4. The van der Waals surface area contributed by atoms with Gasteiger partial charge in [0.2, 0.25) is 5.91 Å². The first-order valence-corrected chi connectivity index (χ1v) is 9.16. The molecule has 1 aromatic carbocycles. The summed E-state index contributed by atoms with van der Waals surface area (Å²) in [5, 5.41) is 6.72. The second kappa shape index (κ2) is 6.00. The summed E-state index contributed by atoms with van der Waals surface area (Å²) in [4.78, 5) is 21.1. The number of amides is 1. The largest absolute Gasteiger partial charge is 0.423 e. The Morgan fingerprint density at radius 2 is 1.92 bits per heavy atom. The van der Waals surface area contributed by atoms with Gasteiger partial charge in [-0.15, -0.1) is 0 Å². The van der Waals surface area contributed by atoms with Crippen molar-refractivity contribution >= 4 is 23.0 Å². The normalized spacial score (nSPS) is 28.3. The number of oxazole rings is 1. The fourth-order valence-corrected chi connectivity index (χ4v) is 3.88. The van der Waals surface area contributed by atoms with E-state index < -0.39 is 0 Å². The molecule has 2 aromatic rings. The number of aromatic nitrogens is 1. The SMILES string of the molecule is O=C1CC(C2CC2)NC(N2CCN(c3nc4ccccc4o3)CC2)N1. The van der Waals surface area contributed by atoms with Gasteiger partial charge >= 0.3 is 0 Å². The van der Waals surface area contributed by atoms with Gasteiger partial charge in [-0.3, -0.25) is 15.0 Å². The van der Waals surface area contributed by atoms with Crippen LogP contribution in [0.5, 0.6) is 0 Å². The van der Waals surface area contributed by atoms with E-state index in [0.717, 1.165) is 37.3 Å². The Labute approximate surface area is 146 Å². The topological polar surface area (TPSA) is 73.6 Å². The maximum Gasteiger partial charge on any atom is 0.298 e. The van der Waals surface area contributed by atoms with Gasteiger partial charge in [0, 0.05) is 38.6 Å². The summed E-state index contributed by atoms with van der Waals surface area (Å²) >= 11 is 0. The Balaban J connectivity index is 1.24. The molecule has 2 N–H and O–H groups in total. The molecule has 1 aliphatic carbocycles. The predicted octanol–water partition coefficient (Wildman–Crippen LogP) is 1.12. The number of carbonyl (C=O) groups excluding carboxylic acids is 1. The predicted molar refractivity (Wildman–Crippen MR) is 94.0 cm³/mol. The third-order valence-corrected chi connectivity index (χ3v) is 5.50. The van der Waals surface area contributed by atoms with Crippen molar-refractivity contribution in [3.8, 4) is 0 Å². The molecule has 5 rings (SSSR count). The maximum absolute atomic E-state index is 12.0. The molecule has 132 valence electrons. The molecule has 1 aromatic heterocycles. The number of anilines is 1. The average molecular weight is 341 g/mol. The number of nitrogens with one attached hydrogen (secondary N) is 2. The van der Waals surface area contributed by atoms with Crippen LogP contribution in [-0.4, -0.2) is 54.3 Å². The van der Waals surface area contributed by atoms with Crippen molar-refractivity contribution in [1.29, 1.82) is 0 Å².